The molecule has 2 rings (SSSR count). The van der Waals surface area contributed by atoms with Gasteiger partial charge in [0.15, 0.2) is 0 Å². The van der Waals surface area contributed by atoms with Gasteiger partial charge in [-0.15, -0.1) is 11.3 Å². The smallest absolute Gasteiger partial charge is 0.115 e. The van der Waals surface area contributed by atoms with Crippen LogP contribution in [0.1, 0.15) is 22.3 Å². The zero-order valence-electron chi connectivity index (χ0n) is 10.5. The first-order valence-corrected chi connectivity index (χ1v) is 6.59. The van der Waals surface area contributed by atoms with Gasteiger partial charge in [0.2, 0.25) is 0 Å². The number of rotatable bonds is 4. The second kappa shape index (κ2) is 5.48. The number of nitrogens with two attached hydrogens (primary N) is 1. The molecule has 0 aliphatic heterocycles. The number of aromatic hydroxyl groups is 1. The van der Waals surface area contributed by atoms with E-state index in [2.05, 4.69) is 9.88 Å². The normalized spacial score (nSPS) is 12.9. The monoisotopic (exact) mass is 263 g/mol. The minimum Gasteiger partial charge on any atom is -0.508 e. The number of phenols is 1. The Hall–Kier alpha value is -1.43. The van der Waals surface area contributed by atoms with E-state index in [0.717, 1.165) is 16.3 Å². The van der Waals surface area contributed by atoms with Crippen molar-refractivity contribution in [3.63, 3.8) is 0 Å². The Kier molecular flexibility index (Phi) is 3.96. The maximum Gasteiger partial charge on any atom is 0.115 e. The molecule has 0 saturated carbocycles. The fourth-order valence-corrected chi connectivity index (χ4v) is 2.91. The topological polar surface area (TPSA) is 62.4 Å². The fourth-order valence-electron chi connectivity index (χ4n) is 1.86. The van der Waals surface area contributed by atoms with Crippen molar-refractivity contribution in [3.05, 3.63) is 45.9 Å². The van der Waals surface area contributed by atoms with Crippen molar-refractivity contribution < 1.29 is 5.11 Å². The van der Waals surface area contributed by atoms with E-state index in [-0.39, 0.29) is 11.8 Å². The van der Waals surface area contributed by atoms with Crippen molar-refractivity contribution in [2.24, 2.45) is 5.73 Å². The summed E-state index contributed by atoms with van der Waals surface area (Å²) >= 11 is 1.61. The minimum absolute atomic E-state index is 0.0934. The summed E-state index contributed by atoms with van der Waals surface area (Å²) in [6, 6.07) is 7.33. The molecule has 4 nitrogen and oxygen atoms in total. The van der Waals surface area contributed by atoms with Crippen LogP contribution in [0.15, 0.2) is 29.6 Å². The third-order valence-corrected chi connectivity index (χ3v) is 3.68. The SMILES string of the molecule is CN(C)C(c1ccc(O)cc1)c1nc(CN)cs1. The lowest BCUT2D eigenvalue weighted by Gasteiger charge is -2.22. The molecule has 18 heavy (non-hydrogen) atoms. The molecule has 1 unspecified atom stereocenters. The molecule has 0 radical (unpaired) electrons. The molecule has 0 aliphatic carbocycles. The molecule has 0 amide bonds. The highest BCUT2D eigenvalue weighted by atomic mass is 32.1. The standard InChI is InChI=1S/C13H17N3OS/c1-16(2)12(9-3-5-11(17)6-4-9)13-15-10(7-14)8-18-13/h3-6,8,12,17H,7,14H2,1-2H3. The number of hydrogen-bond acceptors (Lipinski definition) is 5. The molecule has 1 heterocycles. The van der Waals surface area contributed by atoms with E-state index in [1.165, 1.54) is 0 Å². The van der Waals surface area contributed by atoms with Crippen molar-refractivity contribution >= 4 is 11.3 Å². The van der Waals surface area contributed by atoms with Crippen LogP contribution < -0.4 is 5.73 Å². The zero-order chi connectivity index (χ0) is 13.1. The van der Waals surface area contributed by atoms with Crippen LogP contribution in [-0.2, 0) is 6.54 Å². The molecule has 5 heteroatoms. The molecule has 0 aliphatic rings. The van der Waals surface area contributed by atoms with Gasteiger partial charge in [0, 0.05) is 11.9 Å². The van der Waals surface area contributed by atoms with E-state index in [4.69, 9.17) is 5.73 Å². The molecule has 0 fully saturated rings. The van der Waals surface area contributed by atoms with Crippen LogP contribution in [0.2, 0.25) is 0 Å². The predicted molar refractivity (Wildman–Crippen MR) is 73.6 cm³/mol. The molecule has 1 aromatic carbocycles. The van der Waals surface area contributed by atoms with E-state index in [1.54, 1.807) is 23.5 Å². The van der Waals surface area contributed by atoms with E-state index < -0.39 is 0 Å². The number of aromatic nitrogens is 1. The molecule has 0 spiro atoms. The van der Waals surface area contributed by atoms with Gasteiger partial charge in [0.1, 0.15) is 10.8 Å². The third-order valence-electron chi connectivity index (χ3n) is 2.74. The van der Waals surface area contributed by atoms with Gasteiger partial charge in [-0.2, -0.15) is 0 Å². The van der Waals surface area contributed by atoms with Crippen molar-refractivity contribution in [1.29, 1.82) is 0 Å². The summed E-state index contributed by atoms with van der Waals surface area (Å²) in [5.41, 5.74) is 7.62. The number of thiazole rings is 1. The molecule has 3 N–H and O–H groups in total. The van der Waals surface area contributed by atoms with E-state index in [1.807, 2.05) is 31.6 Å². The first-order valence-electron chi connectivity index (χ1n) is 5.71. The Morgan fingerprint density at radius 3 is 2.50 bits per heavy atom. The van der Waals surface area contributed by atoms with Crippen molar-refractivity contribution in [2.75, 3.05) is 14.1 Å². The summed E-state index contributed by atoms with van der Waals surface area (Å²) in [4.78, 5) is 6.64. The summed E-state index contributed by atoms with van der Waals surface area (Å²) in [5, 5.41) is 12.4. The van der Waals surface area contributed by atoms with Crippen LogP contribution in [0.25, 0.3) is 0 Å². The summed E-state index contributed by atoms with van der Waals surface area (Å²) in [5.74, 6) is 0.276. The number of nitrogens with zero attached hydrogens (tertiary/aromatic N) is 2. The first-order chi connectivity index (χ1) is 8.61. The van der Waals surface area contributed by atoms with Crippen LogP contribution >= 0.6 is 11.3 Å². The first kappa shape index (κ1) is 13.0. The summed E-state index contributed by atoms with van der Waals surface area (Å²) < 4.78 is 0. The van der Waals surface area contributed by atoms with Gasteiger partial charge in [-0.25, -0.2) is 4.98 Å². The Morgan fingerprint density at radius 1 is 1.33 bits per heavy atom. The van der Waals surface area contributed by atoms with Crippen LogP contribution in [0.5, 0.6) is 5.75 Å². The predicted octanol–water partition coefficient (Wildman–Crippen LogP) is 1.96. The Balaban J connectivity index is 2.36. The molecule has 0 saturated heterocycles. The highest BCUT2D eigenvalue weighted by Crippen LogP contribution is 2.29. The van der Waals surface area contributed by atoms with E-state index >= 15 is 0 Å². The Morgan fingerprint density at radius 2 is 2.00 bits per heavy atom. The molecular formula is C13H17N3OS. The largest absolute Gasteiger partial charge is 0.508 e. The van der Waals surface area contributed by atoms with E-state index in [9.17, 15) is 5.11 Å². The second-order valence-electron chi connectivity index (χ2n) is 4.34. The highest BCUT2D eigenvalue weighted by molar-refractivity contribution is 7.09. The molecule has 2 aromatic rings. The van der Waals surface area contributed by atoms with Gasteiger partial charge in [-0.1, -0.05) is 12.1 Å². The van der Waals surface area contributed by atoms with Crippen LogP contribution in [-0.4, -0.2) is 29.1 Å². The lowest BCUT2D eigenvalue weighted by Crippen LogP contribution is -2.21. The number of hydrogen-bond donors (Lipinski definition) is 2. The van der Waals surface area contributed by atoms with Gasteiger partial charge in [0.05, 0.1) is 11.7 Å². The maximum absolute atomic E-state index is 9.35. The zero-order valence-corrected chi connectivity index (χ0v) is 11.3. The summed E-state index contributed by atoms with van der Waals surface area (Å²) in [6.45, 7) is 0.465. The molecule has 0 bridgehead atoms. The average molecular weight is 263 g/mol. The Bertz CT molecular complexity index is 507. The van der Waals surface area contributed by atoms with Gasteiger partial charge < -0.3 is 10.8 Å². The van der Waals surface area contributed by atoms with Gasteiger partial charge in [-0.3, -0.25) is 4.90 Å². The molecule has 1 aromatic heterocycles. The maximum atomic E-state index is 9.35. The number of phenolic OH excluding ortho intramolecular Hbond substituents is 1. The third kappa shape index (κ3) is 2.69. The van der Waals surface area contributed by atoms with Crippen molar-refractivity contribution in [3.8, 4) is 5.75 Å². The summed E-state index contributed by atoms with van der Waals surface area (Å²) in [6.07, 6.45) is 0. The molecule has 1 atom stereocenters. The summed E-state index contributed by atoms with van der Waals surface area (Å²) in [7, 11) is 4.03. The van der Waals surface area contributed by atoms with Gasteiger partial charge in [-0.05, 0) is 31.8 Å². The van der Waals surface area contributed by atoms with Gasteiger partial charge in [0.25, 0.3) is 0 Å². The molecular weight excluding hydrogens is 246 g/mol. The van der Waals surface area contributed by atoms with Gasteiger partial charge >= 0.3 is 0 Å². The average Bonchev–Trinajstić information content (AvgIpc) is 2.80. The Labute approximate surface area is 111 Å². The number of benzene rings is 1. The molecule has 96 valence electrons. The quantitative estimate of drug-likeness (QED) is 0.885. The van der Waals surface area contributed by atoms with Crippen molar-refractivity contribution in [2.45, 2.75) is 12.6 Å². The lowest BCUT2D eigenvalue weighted by atomic mass is 10.1. The van der Waals surface area contributed by atoms with Crippen LogP contribution in [0.4, 0.5) is 0 Å². The minimum atomic E-state index is 0.0934. The van der Waals surface area contributed by atoms with E-state index in [0.29, 0.717) is 6.54 Å². The van der Waals surface area contributed by atoms with Crippen molar-refractivity contribution in [1.82, 2.24) is 9.88 Å². The van der Waals surface area contributed by atoms with Crippen LogP contribution in [0, 0.1) is 0 Å². The second-order valence-corrected chi connectivity index (χ2v) is 5.23. The highest BCUT2D eigenvalue weighted by Gasteiger charge is 2.19. The van der Waals surface area contributed by atoms with Crippen LogP contribution in [0.3, 0.4) is 0 Å². The lowest BCUT2D eigenvalue weighted by molar-refractivity contribution is 0.341. The fraction of sp³-hybridized carbons (Fsp3) is 0.308.